The molecule has 5 heteroatoms. The number of nitrogens with zero attached hydrogens (tertiary/aromatic N) is 1. The van der Waals surface area contributed by atoms with Crippen LogP contribution in [0.25, 0.3) is 0 Å². The molecule has 0 spiro atoms. The predicted octanol–water partition coefficient (Wildman–Crippen LogP) is 0.428. The fourth-order valence-electron chi connectivity index (χ4n) is 1.20. The molecule has 0 aliphatic carbocycles. The van der Waals surface area contributed by atoms with Crippen molar-refractivity contribution in [2.24, 2.45) is 5.16 Å². The Hall–Kier alpha value is -1.10. The first-order chi connectivity index (χ1) is 6.76. The third-order valence-corrected chi connectivity index (χ3v) is 2.00. The lowest BCUT2D eigenvalue weighted by molar-refractivity contribution is -0.116. The smallest absolute Gasteiger partial charge is 0.269 e. The lowest BCUT2D eigenvalue weighted by Crippen LogP contribution is -2.44. The molecule has 86 valence electrons. The summed E-state index contributed by atoms with van der Waals surface area (Å²) >= 11 is 0. The second-order valence-electron chi connectivity index (χ2n) is 5.12. The number of nitrogens with one attached hydrogen (secondary N) is 1. The Labute approximate surface area is 89.5 Å². The van der Waals surface area contributed by atoms with Gasteiger partial charge in [-0.25, -0.2) is 0 Å². The zero-order chi connectivity index (χ0) is 11.7. The van der Waals surface area contributed by atoms with Gasteiger partial charge in [0.25, 0.3) is 5.91 Å². The summed E-state index contributed by atoms with van der Waals surface area (Å²) in [4.78, 5) is 16.7. The third-order valence-electron chi connectivity index (χ3n) is 2.00. The summed E-state index contributed by atoms with van der Waals surface area (Å²) in [6.07, 6.45) is 0.339. The van der Waals surface area contributed by atoms with Crippen molar-refractivity contribution < 1.29 is 14.7 Å². The second kappa shape index (κ2) is 3.81. The summed E-state index contributed by atoms with van der Waals surface area (Å²) in [7, 11) is 0. The molecule has 0 aromatic rings. The van der Waals surface area contributed by atoms with Crippen LogP contribution in [0.1, 0.15) is 34.1 Å². The van der Waals surface area contributed by atoms with Gasteiger partial charge in [-0.05, 0) is 27.7 Å². The molecule has 0 aromatic carbocycles. The maximum atomic E-state index is 11.7. The van der Waals surface area contributed by atoms with Gasteiger partial charge in [0.15, 0.2) is 5.60 Å². The SMILES string of the molecule is CC(C)(C)NC(=O)C1=NOC(C)(CO)C1. The van der Waals surface area contributed by atoms with Crippen LogP contribution in [0.2, 0.25) is 0 Å². The maximum absolute atomic E-state index is 11.7. The highest BCUT2D eigenvalue weighted by molar-refractivity contribution is 6.39. The summed E-state index contributed by atoms with van der Waals surface area (Å²) in [6, 6.07) is 0. The Bertz CT molecular complexity index is 294. The van der Waals surface area contributed by atoms with E-state index in [9.17, 15) is 4.79 Å². The van der Waals surface area contributed by atoms with Crippen LogP contribution in [0, 0.1) is 0 Å². The maximum Gasteiger partial charge on any atom is 0.269 e. The summed E-state index contributed by atoms with van der Waals surface area (Å²) in [6.45, 7) is 7.25. The molecule has 1 aliphatic heterocycles. The molecule has 0 radical (unpaired) electrons. The van der Waals surface area contributed by atoms with Gasteiger partial charge >= 0.3 is 0 Å². The quantitative estimate of drug-likeness (QED) is 0.700. The minimum Gasteiger partial charge on any atom is -0.392 e. The van der Waals surface area contributed by atoms with Crippen molar-refractivity contribution in [2.45, 2.75) is 45.3 Å². The minimum atomic E-state index is -0.745. The molecule has 15 heavy (non-hydrogen) atoms. The number of oxime groups is 1. The summed E-state index contributed by atoms with van der Waals surface area (Å²) in [5, 5.41) is 15.5. The summed E-state index contributed by atoms with van der Waals surface area (Å²) < 4.78 is 0. The molecule has 5 nitrogen and oxygen atoms in total. The van der Waals surface area contributed by atoms with E-state index in [2.05, 4.69) is 10.5 Å². The lowest BCUT2D eigenvalue weighted by atomic mass is 10.00. The highest BCUT2D eigenvalue weighted by Crippen LogP contribution is 2.22. The molecule has 0 saturated carbocycles. The number of rotatable bonds is 2. The Balaban J connectivity index is 2.58. The molecule has 0 aromatic heterocycles. The number of carbonyl (C=O) groups excluding carboxylic acids is 1. The Morgan fingerprint density at radius 1 is 1.67 bits per heavy atom. The molecular formula is C10H18N2O3. The highest BCUT2D eigenvalue weighted by atomic mass is 16.7. The zero-order valence-electron chi connectivity index (χ0n) is 9.63. The third kappa shape index (κ3) is 3.20. The molecule has 1 rings (SSSR count). The van der Waals surface area contributed by atoms with Crippen molar-refractivity contribution in [1.29, 1.82) is 0 Å². The van der Waals surface area contributed by atoms with E-state index in [1.165, 1.54) is 0 Å². The van der Waals surface area contributed by atoms with Crippen molar-refractivity contribution >= 4 is 11.6 Å². The van der Waals surface area contributed by atoms with Gasteiger partial charge < -0.3 is 15.3 Å². The monoisotopic (exact) mass is 214 g/mol. The molecule has 1 unspecified atom stereocenters. The van der Waals surface area contributed by atoms with Gasteiger partial charge in [0.1, 0.15) is 5.71 Å². The molecular weight excluding hydrogens is 196 g/mol. The number of aliphatic hydroxyl groups excluding tert-OH is 1. The fraction of sp³-hybridized carbons (Fsp3) is 0.800. The van der Waals surface area contributed by atoms with Crippen LogP contribution in [0.5, 0.6) is 0 Å². The van der Waals surface area contributed by atoms with E-state index < -0.39 is 5.60 Å². The van der Waals surface area contributed by atoms with E-state index in [-0.39, 0.29) is 18.1 Å². The first-order valence-electron chi connectivity index (χ1n) is 4.94. The van der Waals surface area contributed by atoms with Crippen LogP contribution in [-0.4, -0.2) is 34.5 Å². The first kappa shape index (κ1) is 12.0. The average molecular weight is 214 g/mol. The molecule has 1 heterocycles. The van der Waals surface area contributed by atoms with Crippen molar-refractivity contribution in [3.8, 4) is 0 Å². The van der Waals surface area contributed by atoms with Gasteiger partial charge in [0.2, 0.25) is 0 Å². The molecule has 1 amide bonds. The lowest BCUT2D eigenvalue weighted by Gasteiger charge is -2.20. The Morgan fingerprint density at radius 3 is 2.67 bits per heavy atom. The molecule has 0 bridgehead atoms. The largest absolute Gasteiger partial charge is 0.392 e. The van der Waals surface area contributed by atoms with E-state index in [0.29, 0.717) is 12.1 Å². The van der Waals surface area contributed by atoms with Gasteiger partial charge in [-0.3, -0.25) is 4.79 Å². The van der Waals surface area contributed by atoms with Crippen molar-refractivity contribution in [2.75, 3.05) is 6.61 Å². The number of hydrogen-bond acceptors (Lipinski definition) is 4. The number of carbonyl (C=O) groups is 1. The Morgan fingerprint density at radius 2 is 2.27 bits per heavy atom. The van der Waals surface area contributed by atoms with Gasteiger partial charge in [0, 0.05) is 12.0 Å². The van der Waals surface area contributed by atoms with Gasteiger partial charge in [-0.2, -0.15) is 0 Å². The minimum absolute atomic E-state index is 0.150. The van der Waals surface area contributed by atoms with Gasteiger partial charge in [-0.15, -0.1) is 0 Å². The van der Waals surface area contributed by atoms with Crippen LogP contribution in [-0.2, 0) is 9.63 Å². The standard InChI is InChI=1S/C10H18N2O3/c1-9(2,3)11-8(14)7-5-10(4,6-13)15-12-7/h13H,5-6H2,1-4H3,(H,11,14). The molecule has 2 N–H and O–H groups in total. The number of aliphatic hydroxyl groups is 1. The van der Waals surface area contributed by atoms with Crippen LogP contribution in [0.15, 0.2) is 5.16 Å². The zero-order valence-corrected chi connectivity index (χ0v) is 9.63. The van der Waals surface area contributed by atoms with Crippen LogP contribution in [0.3, 0.4) is 0 Å². The van der Waals surface area contributed by atoms with E-state index in [1.807, 2.05) is 20.8 Å². The number of hydrogen-bond donors (Lipinski definition) is 2. The number of amides is 1. The van der Waals surface area contributed by atoms with Crippen LogP contribution < -0.4 is 5.32 Å². The molecule has 0 fully saturated rings. The summed E-state index contributed by atoms with van der Waals surface area (Å²) in [5.41, 5.74) is -0.705. The normalized spacial score (nSPS) is 25.8. The average Bonchev–Trinajstić information content (AvgIpc) is 2.46. The first-order valence-corrected chi connectivity index (χ1v) is 4.94. The second-order valence-corrected chi connectivity index (χ2v) is 5.12. The van der Waals surface area contributed by atoms with E-state index in [4.69, 9.17) is 9.94 Å². The van der Waals surface area contributed by atoms with Gasteiger partial charge in [-0.1, -0.05) is 5.16 Å². The Kier molecular flexibility index (Phi) is 3.04. The fourth-order valence-corrected chi connectivity index (χ4v) is 1.20. The van der Waals surface area contributed by atoms with Crippen molar-refractivity contribution in [3.63, 3.8) is 0 Å². The van der Waals surface area contributed by atoms with Gasteiger partial charge in [0.05, 0.1) is 6.61 Å². The van der Waals surface area contributed by atoms with Crippen LogP contribution in [0.4, 0.5) is 0 Å². The topological polar surface area (TPSA) is 70.9 Å². The molecule has 0 saturated heterocycles. The molecule has 1 aliphatic rings. The van der Waals surface area contributed by atoms with Crippen molar-refractivity contribution in [3.05, 3.63) is 0 Å². The summed E-state index contributed by atoms with van der Waals surface area (Å²) in [5.74, 6) is -0.236. The van der Waals surface area contributed by atoms with Crippen molar-refractivity contribution in [1.82, 2.24) is 5.32 Å². The van der Waals surface area contributed by atoms with E-state index in [1.54, 1.807) is 6.92 Å². The van der Waals surface area contributed by atoms with E-state index >= 15 is 0 Å². The molecule has 1 atom stereocenters. The predicted molar refractivity (Wildman–Crippen MR) is 56.5 cm³/mol. The highest BCUT2D eigenvalue weighted by Gasteiger charge is 2.37. The van der Waals surface area contributed by atoms with E-state index in [0.717, 1.165) is 0 Å². The van der Waals surface area contributed by atoms with Crippen LogP contribution >= 0.6 is 0 Å².